The first kappa shape index (κ1) is 89.5. The largest absolute Gasteiger partial charge is 0.381 e. The molecule has 0 saturated carbocycles. The van der Waals surface area contributed by atoms with Gasteiger partial charge in [0.25, 0.3) is 41.4 Å². The summed E-state index contributed by atoms with van der Waals surface area (Å²) in [5.41, 5.74) is 11.5. The Morgan fingerprint density at radius 2 is 0.841 bits per heavy atom. The third-order valence-electron chi connectivity index (χ3n) is 23.8. The van der Waals surface area contributed by atoms with Gasteiger partial charge >= 0.3 is 0 Å². The third kappa shape index (κ3) is 20.7. The van der Waals surface area contributed by atoms with Gasteiger partial charge in [-0.2, -0.15) is 5.10 Å². The van der Waals surface area contributed by atoms with Gasteiger partial charge in [-0.05, 0) is 183 Å². The first-order valence-corrected chi connectivity index (χ1v) is 44.2. The molecule has 126 heavy (non-hydrogen) atoms. The molecule has 0 bridgehead atoms. The Labute approximate surface area is 726 Å². The fourth-order valence-electron chi connectivity index (χ4n) is 16.8. The van der Waals surface area contributed by atoms with Crippen molar-refractivity contribution in [3.05, 3.63) is 279 Å². The van der Waals surface area contributed by atoms with Gasteiger partial charge in [0.1, 0.15) is 33.1 Å². The average Bonchev–Trinajstić information content (AvgIpc) is 1.59. The van der Waals surface area contributed by atoms with E-state index in [9.17, 15) is 55.2 Å². The molecular weight excluding hydrogens is 1640 g/mol. The molecule has 4 atom stereocenters. The van der Waals surface area contributed by atoms with E-state index in [1.807, 2.05) is 113 Å². The summed E-state index contributed by atoms with van der Waals surface area (Å²) in [5, 5.41) is 26.5. The van der Waals surface area contributed by atoms with E-state index in [4.69, 9.17) is 14.2 Å². The Bertz CT molecular complexity index is 6300. The number of fused-ring (bicyclic) bond motifs is 5. The maximum Gasteiger partial charge on any atom is 0.253 e. The predicted molar refractivity (Wildman–Crippen MR) is 476 cm³/mol. The quantitative estimate of drug-likeness (QED) is 0.0350. The maximum absolute atomic E-state index is 15.0. The number of hydrogen-bond acceptors (Lipinski definition) is 13. The van der Waals surface area contributed by atoms with Crippen molar-refractivity contribution in [1.29, 1.82) is 0 Å². The van der Waals surface area contributed by atoms with Gasteiger partial charge in [-0.3, -0.25) is 38.2 Å². The fraction of sp³-hybridized carbons (Fsp3) is 0.333. The van der Waals surface area contributed by atoms with Gasteiger partial charge in [0.2, 0.25) is 0 Å². The highest BCUT2D eigenvalue weighted by atomic mass is 32.2. The number of halogens is 4. The van der Waals surface area contributed by atoms with Crippen LogP contribution in [-0.2, 0) is 63.7 Å². The number of amides is 7. The van der Waals surface area contributed by atoms with Crippen molar-refractivity contribution in [3.63, 3.8) is 0 Å². The highest BCUT2D eigenvalue weighted by molar-refractivity contribution is 7.91. The van der Waals surface area contributed by atoms with E-state index in [1.165, 1.54) is 24.3 Å². The Morgan fingerprint density at radius 1 is 0.437 bits per heavy atom. The number of sulfone groups is 1. The van der Waals surface area contributed by atoms with E-state index in [2.05, 4.69) is 54.4 Å². The molecule has 17 rings (SSSR count). The first-order valence-electron chi connectivity index (χ1n) is 42.4. The molecule has 9 heterocycles. The zero-order chi connectivity index (χ0) is 89.0. The molecule has 4 unspecified atom stereocenters. The van der Waals surface area contributed by atoms with E-state index < -0.39 is 33.2 Å². The zero-order valence-electron chi connectivity index (χ0n) is 71.3. The Balaban J connectivity index is 0.000000136. The van der Waals surface area contributed by atoms with Crippen molar-refractivity contribution in [2.75, 3.05) is 65.7 Å². The van der Waals surface area contributed by atoms with Crippen LogP contribution in [0.15, 0.2) is 189 Å². The molecule has 7 N–H and O–H groups in total. The molecule has 0 aliphatic carbocycles. The average molecular weight is 1740 g/mol. The molecule has 4 aliphatic heterocycles. The van der Waals surface area contributed by atoms with E-state index in [0.717, 1.165) is 82.8 Å². The van der Waals surface area contributed by atoms with Crippen LogP contribution in [0.5, 0.6) is 0 Å². The summed E-state index contributed by atoms with van der Waals surface area (Å²) in [4.78, 5) is 87.5. The van der Waals surface area contributed by atoms with Crippen molar-refractivity contribution in [3.8, 4) is 0 Å². The SMILES string of the molecule is CCc1ccc(F)c2c(C(=O)NC3CCOCC3)cn(Cc3ccc4c(cnn4C)c3)c12.CNC(=O)c1ccc(Cn2cc(C(=O)NC3CCOC(C)C3)c3c(F)cccc32)cc1.CNC(=O)c1ccc(Cn2cc(C(=O)NC3CCOCC3C)c3c(F)cccc32)cc1.CNC(=O)c1ccc(Cn2cc(C(=O)NC3CCS(=O)(=O)CC3)c3c(F)cccc32)cc1. The van der Waals surface area contributed by atoms with Crippen LogP contribution in [0.1, 0.15) is 166 Å². The third-order valence-corrected chi connectivity index (χ3v) is 25.5. The van der Waals surface area contributed by atoms with Crippen LogP contribution in [0.25, 0.3) is 54.5 Å². The molecule has 25 nitrogen and oxygen atoms in total. The van der Waals surface area contributed by atoms with Crippen molar-refractivity contribution >= 4 is 106 Å². The van der Waals surface area contributed by atoms with Crippen molar-refractivity contribution in [2.24, 2.45) is 13.0 Å². The van der Waals surface area contributed by atoms with Crippen molar-refractivity contribution < 1.29 is 73.8 Å². The monoisotopic (exact) mass is 1740 g/mol. The van der Waals surface area contributed by atoms with E-state index >= 15 is 4.39 Å². The normalized spacial score (nSPS) is 17.1. The topological polar surface area (TPSA) is 303 Å². The number of nitrogens with zero attached hydrogens (tertiary/aromatic N) is 6. The van der Waals surface area contributed by atoms with Gasteiger partial charge in [0, 0.05) is 173 Å². The summed E-state index contributed by atoms with van der Waals surface area (Å²) < 4.78 is 108. The van der Waals surface area contributed by atoms with Crippen LogP contribution >= 0.6 is 0 Å². The molecule has 0 radical (unpaired) electrons. The molecule has 0 spiro atoms. The summed E-state index contributed by atoms with van der Waals surface area (Å²) in [5.74, 6) is -3.09. The summed E-state index contributed by atoms with van der Waals surface area (Å²) in [6, 6.07) is 45.1. The number of carbonyl (C=O) groups is 7. The summed E-state index contributed by atoms with van der Waals surface area (Å²) in [6.45, 7) is 11.0. The number of nitrogens with one attached hydrogen (secondary N) is 7. The molecule has 7 amide bonds. The van der Waals surface area contributed by atoms with Crippen LogP contribution in [0, 0.1) is 29.2 Å². The lowest BCUT2D eigenvalue weighted by Gasteiger charge is -2.29. The summed E-state index contributed by atoms with van der Waals surface area (Å²) in [7, 11) is 3.62. The number of carbonyl (C=O) groups excluding carboxylic acids is 7. The Hall–Kier alpha value is -12.8. The lowest BCUT2D eigenvalue weighted by atomic mass is 9.97. The van der Waals surface area contributed by atoms with E-state index in [-0.39, 0.29) is 99.9 Å². The highest BCUT2D eigenvalue weighted by Gasteiger charge is 2.32. The summed E-state index contributed by atoms with van der Waals surface area (Å²) >= 11 is 0. The van der Waals surface area contributed by atoms with Crippen LogP contribution in [0.4, 0.5) is 17.6 Å². The first-order chi connectivity index (χ1) is 60.7. The maximum atomic E-state index is 15.0. The second-order valence-corrected chi connectivity index (χ2v) is 34.7. The number of hydrogen-bond donors (Lipinski definition) is 7. The van der Waals surface area contributed by atoms with Crippen LogP contribution in [0.3, 0.4) is 0 Å². The molecule has 13 aromatic rings. The van der Waals surface area contributed by atoms with Crippen LogP contribution < -0.4 is 37.2 Å². The van der Waals surface area contributed by atoms with Gasteiger partial charge in [0.15, 0.2) is 0 Å². The predicted octanol–water partition coefficient (Wildman–Crippen LogP) is 13.5. The van der Waals surface area contributed by atoms with Gasteiger partial charge in [0.05, 0.1) is 80.3 Å². The molecule has 4 aliphatic rings. The smallest absolute Gasteiger partial charge is 0.253 e. The number of ether oxygens (including phenoxy) is 3. The lowest BCUT2D eigenvalue weighted by molar-refractivity contribution is 0.0136. The minimum atomic E-state index is -3.04. The fourth-order valence-corrected chi connectivity index (χ4v) is 18.3. The Kier molecular flexibility index (Phi) is 28.4. The van der Waals surface area contributed by atoms with Crippen molar-refractivity contribution in [2.45, 2.75) is 129 Å². The molecule has 4 fully saturated rings. The molecule has 30 heteroatoms. The van der Waals surface area contributed by atoms with Gasteiger partial charge in [-0.15, -0.1) is 0 Å². The minimum Gasteiger partial charge on any atom is -0.381 e. The molecule has 4 saturated heterocycles. The van der Waals surface area contributed by atoms with Crippen LogP contribution in [0.2, 0.25) is 0 Å². The van der Waals surface area contributed by atoms with Gasteiger partial charge in [-0.25, -0.2) is 26.0 Å². The zero-order valence-corrected chi connectivity index (χ0v) is 72.1. The standard InChI is InChI=1S/C25H27FN4O2.2C24H26FN3O3.C23H24FN3O4S/c1-3-17-5-6-21(26)23-20(25(31)28-19-8-10-32-11-9-19)15-30(24(17)23)14-16-4-7-22-18(12-16)13-27-29(22)2;1-15-14-31-11-10-20(15)27-24(30)18-13-28(21-5-3-4-19(25)22(18)21)12-16-6-8-17(9-7-16)23(29)26-2;1-15-12-18(10-11-31-15)27-24(30)19-14-28(21-5-3-4-20(25)22(19)21)13-16-6-8-17(9-7-16)23(29)26-2;1-25-22(28)16-7-5-15(6-8-16)13-27-14-18(21-19(24)3-2-4-20(21)27)23(29)26-17-9-11-32(30,31)12-10-17/h4-7,12-13,15,19H,3,8-11,14H2,1-2H3,(H,28,31);3-9,13,15,20H,10-12,14H2,1-2H3,(H,26,29)(H,27,30);3-9,14-15,18H,10-13H2,1-2H3,(H,26,29)(H,27,30);2-8,14,17H,9-13H2,1H3,(H,25,28)(H,26,29). The molecular formula is C96H103F4N13O12S. The molecule has 658 valence electrons. The minimum absolute atomic E-state index is 0.00341. The van der Waals surface area contributed by atoms with Crippen LogP contribution in [-0.4, -0.2) is 174 Å². The van der Waals surface area contributed by atoms with Gasteiger partial charge in [-0.1, -0.05) is 80.6 Å². The molecule has 5 aromatic heterocycles. The number of aryl methyl sites for hydroxylation is 2. The summed E-state index contributed by atoms with van der Waals surface area (Å²) in [6.07, 6.45) is 14.0. The lowest BCUT2D eigenvalue weighted by Crippen LogP contribution is -2.44. The second-order valence-electron chi connectivity index (χ2n) is 32.4. The Morgan fingerprint density at radius 3 is 1.29 bits per heavy atom. The number of rotatable bonds is 20. The number of aromatic nitrogens is 6. The highest BCUT2D eigenvalue weighted by Crippen LogP contribution is 2.34. The molecule has 8 aromatic carbocycles. The second kappa shape index (κ2) is 40.0. The van der Waals surface area contributed by atoms with E-state index in [1.54, 1.807) is 111 Å². The number of benzene rings is 8. The van der Waals surface area contributed by atoms with E-state index in [0.29, 0.717) is 138 Å². The van der Waals surface area contributed by atoms with Gasteiger partial charge < -0.3 is 69.7 Å². The van der Waals surface area contributed by atoms with Crippen molar-refractivity contribution in [1.82, 2.24) is 65.3 Å².